The fourth-order valence-electron chi connectivity index (χ4n) is 4.55. The Bertz CT molecular complexity index is 285. The zero-order chi connectivity index (χ0) is 15.3. The number of nitrogens with one attached hydrogen (secondary N) is 1. The van der Waals surface area contributed by atoms with Gasteiger partial charge in [-0.1, -0.05) is 0 Å². The Hall–Kier alpha value is -0.0800. The highest BCUT2D eigenvalue weighted by Crippen LogP contribution is 2.38. The molecule has 0 atom stereocenters. The lowest BCUT2D eigenvalue weighted by molar-refractivity contribution is -0.0467. The molecule has 1 heterocycles. The molecule has 2 nitrogen and oxygen atoms in total. The summed E-state index contributed by atoms with van der Waals surface area (Å²) in [4.78, 5) is 2.73. The minimum Gasteiger partial charge on any atom is -0.307 e. The van der Waals surface area contributed by atoms with Crippen molar-refractivity contribution < 1.29 is 0 Å². The molecule has 1 N–H and O–H groups in total. The topological polar surface area (TPSA) is 15.3 Å². The summed E-state index contributed by atoms with van der Waals surface area (Å²) in [6.45, 7) is 23.4. The van der Waals surface area contributed by atoms with Crippen LogP contribution in [-0.4, -0.2) is 33.1 Å². The largest absolute Gasteiger partial charge is 0.307 e. The normalized spacial score (nSPS) is 24.8. The molecule has 0 aromatic heterocycles. The van der Waals surface area contributed by atoms with E-state index >= 15 is 0 Å². The molecule has 0 bridgehead atoms. The summed E-state index contributed by atoms with van der Waals surface area (Å²) in [5, 5.41) is 3.79. The quantitative estimate of drug-likeness (QED) is 0.767. The Morgan fingerprint density at radius 3 is 1.37 bits per heavy atom. The van der Waals surface area contributed by atoms with Crippen LogP contribution in [0, 0.1) is 0 Å². The van der Waals surface area contributed by atoms with Gasteiger partial charge in [0, 0.05) is 28.2 Å². The van der Waals surface area contributed by atoms with Gasteiger partial charge in [0.25, 0.3) is 0 Å². The minimum atomic E-state index is 0.201. The molecule has 0 saturated carbocycles. The molecule has 0 aliphatic carbocycles. The van der Waals surface area contributed by atoms with Crippen molar-refractivity contribution in [2.24, 2.45) is 0 Å². The van der Waals surface area contributed by atoms with E-state index in [9.17, 15) is 0 Å². The lowest BCUT2D eigenvalue weighted by Crippen LogP contribution is -2.67. The molecule has 1 rings (SSSR count). The minimum absolute atomic E-state index is 0.201. The molecule has 0 aromatic rings. The molecule has 0 amide bonds. The zero-order valence-corrected chi connectivity index (χ0v) is 14.9. The molecule has 1 saturated heterocycles. The van der Waals surface area contributed by atoms with E-state index in [1.165, 1.54) is 12.8 Å². The fraction of sp³-hybridized carbons (Fsp3) is 1.00. The molecule has 0 aromatic carbocycles. The van der Waals surface area contributed by atoms with E-state index < -0.39 is 0 Å². The average Bonchev–Trinajstić information content (AvgIpc) is 1.88. The average molecular weight is 268 g/mol. The van der Waals surface area contributed by atoms with Gasteiger partial charge < -0.3 is 5.32 Å². The summed E-state index contributed by atoms with van der Waals surface area (Å²) in [5.41, 5.74) is 0.821. The lowest BCUT2D eigenvalue weighted by atomic mass is 9.76. The number of nitrogens with zero attached hydrogens (tertiary/aromatic N) is 1. The zero-order valence-electron chi connectivity index (χ0n) is 14.9. The van der Waals surface area contributed by atoms with E-state index in [1.807, 2.05) is 0 Å². The predicted molar refractivity (Wildman–Crippen MR) is 85.7 cm³/mol. The third kappa shape index (κ3) is 4.46. The smallest absolute Gasteiger partial charge is 0.0145 e. The van der Waals surface area contributed by atoms with Crippen molar-refractivity contribution in [2.45, 2.75) is 110 Å². The van der Waals surface area contributed by atoms with E-state index in [2.05, 4.69) is 79.5 Å². The van der Waals surface area contributed by atoms with Gasteiger partial charge in [-0.05, 0) is 82.1 Å². The van der Waals surface area contributed by atoms with Gasteiger partial charge in [-0.25, -0.2) is 0 Å². The second kappa shape index (κ2) is 4.73. The Morgan fingerprint density at radius 1 is 0.789 bits per heavy atom. The van der Waals surface area contributed by atoms with Crippen molar-refractivity contribution in [1.29, 1.82) is 0 Å². The first-order valence-electron chi connectivity index (χ1n) is 7.73. The molecule has 0 unspecified atom stereocenters. The maximum absolute atomic E-state index is 3.79. The number of hydrogen-bond donors (Lipinski definition) is 1. The van der Waals surface area contributed by atoms with Gasteiger partial charge in [0.15, 0.2) is 0 Å². The summed E-state index contributed by atoms with van der Waals surface area (Å²) < 4.78 is 0. The number of rotatable bonds is 1. The van der Waals surface area contributed by atoms with E-state index in [0.717, 1.165) is 0 Å². The van der Waals surface area contributed by atoms with Crippen molar-refractivity contribution >= 4 is 0 Å². The van der Waals surface area contributed by atoms with Crippen LogP contribution in [0.5, 0.6) is 0 Å². The highest BCUT2D eigenvalue weighted by atomic mass is 15.3. The standard InChI is InChI=1S/C17H36N2/c1-14(2,3)19(15(4,5)6)13-11-16(7,8)18-17(9,10)12-13/h13,18H,11-12H2,1-10H3. The third-order valence-electron chi connectivity index (χ3n) is 3.98. The van der Waals surface area contributed by atoms with E-state index in [4.69, 9.17) is 0 Å². The molecule has 114 valence electrons. The van der Waals surface area contributed by atoms with E-state index in [0.29, 0.717) is 6.04 Å². The van der Waals surface area contributed by atoms with Crippen LogP contribution < -0.4 is 5.32 Å². The summed E-state index contributed by atoms with van der Waals surface area (Å²) in [5.74, 6) is 0. The molecule has 0 spiro atoms. The highest BCUT2D eigenvalue weighted by Gasteiger charge is 2.45. The summed E-state index contributed by atoms with van der Waals surface area (Å²) in [7, 11) is 0. The molecule has 0 radical (unpaired) electrons. The van der Waals surface area contributed by atoms with Crippen LogP contribution in [0.4, 0.5) is 0 Å². The van der Waals surface area contributed by atoms with Gasteiger partial charge in [0.2, 0.25) is 0 Å². The SMILES string of the molecule is CC1(C)CC(N(C(C)(C)C)C(C)(C)C)CC(C)(C)N1. The highest BCUT2D eigenvalue weighted by molar-refractivity contribution is 5.04. The van der Waals surface area contributed by atoms with Crippen molar-refractivity contribution in [3.63, 3.8) is 0 Å². The van der Waals surface area contributed by atoms with Crippen LogP contribution in [-0.2, 0) is 0 Å². The first-order valence-corrected chi connectivity index (χ1v) is 7.73. The molecule has 1 fully saturated rings. The monoisotopic (exact) mass is 268 g/mol. The van der Waals surface area contributed by atoms with Crippen molar-refractivity contribution in [1.82, 2.24) is 10.2 Å². The molecular weight excluding hydrogens is 232 g/mol. The van der Waals surface area contributed by atoms with Gasteiger partial charge in [-0.3, -0.25) is 4.90 Å². The first kappa shape index (κ1) is 17.0. The summed E-state index contributed by atoms with van der Waals surface area (Å²) in [6.07, 6.45) is 2.43. The second-order valence-corrected chi connectivity index (χ2v) is 9.67. The van der Waals surface area contributed by atoms with Crippen LogP contribution in [0.1, 0.15) is 82.1 Å². The van der Waals surface area contributed by atoms with Crippen LogP contribution in [0.15, 0.2) is 0 Å². The van der Waals surface area contributed by atoms with Gasteiger partial charge >= 0.3 is 0 Å². The molecule has 1 aliphatic heterocycles. The van der Waals surface area contributed by atoms with E-state index in [1.54, 1.807) is 0 Å². The Morgan fingerprint density at radius 2 is 1.11 bits per heavy atom. The first-order chi connectivity index (χ1) is 8.14. The van der Waals surface area contributed by atoms with Gasteiger partial charge in [-0.15, -0.1) is 0 Å². The van der Waals surface area contributed by atoms with Gasteiger partial charge in [0.05, 0.1) is 0 Å². The van der Waals surface area contributed by atoms with Crippen molar-refractivity contribution in [3.8, 4) is 0 Å². The molecule has 2 heteroatoms. The Kier molecular flexibility index (Phi) is 4.23. The van der Waals surface area contributed by atoms with Crippen LogP contribution in [0.3, 0.4) is 0 Å². The lowest BCUT2D eigenvalue weighted by Gasteiger charge is -2.57. The van der Waals surface area contributed by atoms with Gasteiger partial charge in [-0.2, -0.15) is 0 Å². The second-order valence-electron chi connectivity index (χ2n) is 9.67. The number of hydrogen-bond acceptors (Lipinski definition) is 2. The maximum atomic E-state index is 3.79. The molecular formula is C17H36N2. The van der Waals surface area contributed by atoms with Crippen molar-refractivity contribution in [2.75, 3.05) is 0 Å². The Labute approximate surface area is 121 Å². The third-order valence-corrected chi connectivity index (χ3v) is 3.98. The van der Waals surface area contributed by atoms with E-state index in [-0.39, 0.29) is 22.2 Å². The van der Waals surface area contributed by atoms with Crippen molar-refractivity contribution in [3.05, 3.63) is 0 Å². The van der Waals surface area contributed by atoms with Gasteiger partial charge in [0.1, 0.15) is 0 Å². The fourth-order valence-corrected chi connectivity index (χ4v) is 4.55. The molecule has 19 heavy (non-hydrogen) atoms. The predicted octanol–water partition coefficient (Wildman–Crippen LogP) is 4.19. The van der Waals surface area contributed by atoms with Crippen LogP contribution >= 0.6 is 0 Å². The maximum Gasteiger partial charge on any atom is 0.0145 e. The Balaban J connectivity index is 3.10. The molecule has 1 aliphatic rings. The summed E-state index contributed by atoms with van der Waals surface area (Å²) >= 11 is 0. The number of piperidine rings is 1. The summed E-state index contributed by atoms with van der Waals surface area (Å²) in [6, 6.07) is 0.631. The van der Waals surface area contributed by atoms with Crippen LogP contribution in [0.25, 0.3) is 0 Å². The van der Waals surface area contributed by atoms with Crippen LogP contribution in [0.2, 0.25) is 0 Å².